The summed E-state index contributed by atoms with van der Waals surface area (Å²) in [6.45, 7) is 2.82. The van der Waals surface area contributed by atoms with Crippen LogP contribution >= 0.6 is 11.6 Å². The summed E-state index contributed by atoms with van der Waals surface area (Å²) in [4.78, 5) is 0. The topological polar surface area (TPSA) is 44.5 Å². The molecule has 0 spiro atoms. The molecule has 0 aliphatic rings. The van der Waals surface area contributed by atoms with E-state index in [1.54, 1.807) is 6.07 Å². The van der Waals surface area contributed by atoms with Crippen molar-refractivity contribution in [1.29, 1.82) is 0 Å². The largest absolute Gasteiger partial charge is 0.490 e. The molecule has 0 bridgehead atoms. The Kier molecular flexibility index (Phi) is 4.53. The Balaban J connectivity index is 1.81. The third-order valence-electron chi connectivity index (χ3n) is 2.70. The standard InChI is InChI=1S/C15H16ClNO2/c1-11-6-7-12(10-14(11)17)18-8-9-19-15-5-3-2-4-13(15)16/h2-7,10H,8-9,17H2,1H3. The van der Waals surface area contributed by atoms with Crippen LogP contribution in [0, 0.1) is 6.92 Å². The highest BCUT2D eigenvalue weighted by Gasteiger charge is 2.01. The van der Waals surface area contributed by atoms with Crippen molar-refractivity contribution in [2.45, 2.75) is 6.92 Å². The summed E-state index contributed by atoms with van der Waals surface area (Å²) in [5.74, 6) is 1.40. The number of aryl methyl sites for hydroxylation is 1. The molecule has 2 N–H and O–H groups in total. The Morgan fingerprint density at radius 2 is 1.79 bits per heavy atom. The van der Waals surface area contributed by atoms with Gasteiger partial charge in [-0.15, -0.1) is 0 Å². The maximum absolute atomic E-state index is 5.98. The first-order valence-corrected chi connectivity index (χ1v) is 6.41. The van der Waals surface area contributed by atoms with Crippen LogP contribution in [-0.4, -0.2) is 13.2 Å². The summed E-state index contributed by atoms with van der Waals surface area (Å²) in [5, 5.41) is 0.599. The van der Waals surface area contributed by atoms with E-state index in [0.29, 0.717) is 24.0 Å². The second-order valence-electron chi connectivity index (χ2n) is 4.15. The fraction of sp³-hybridized carbons (Fsp3) is 0.200. The molecule has 0 aliphatic carbocycles. The molecule has 0 atom stereocenters. The maximum atomic E-state index is 5.98. The summed E-state index contributed by atoms with van der Waals surface area (Å²) in [6.07, 6.45) is 0. The average Bonchev–Trinajstić information content (AvgIpc) is 2.40. The number of nitrogen functional groups attached to an aromatic ring is 1. The molecule has 0 saturated heterocycles. The molecule has 0 unspecified atom stereocenters. The zero-order valence-corrected chi connectivity index (χ0v) is 11.5. The molecule has 0 fully saturated rings. The molecule has 3 nitrogen and oxygen atoms in total. The molecular weight excluding hydrogens is 262 g/mol. The van der Waals surface area contributed by atoms with Crippen molar-refractivity contribution in [3.63, 3.8) is 0 Å². The third kappa shape index (κ3) is 3.80. The highest BCUT2D eigenvalue weighted by atomic mass is 35.5. The Bertz CT molecular complexity index is 558. The van der Waals surface area contributed by atoms with Gasteiger partial charge in [0.1, 0.15) is 24.7 Å². The number of anilines is 1. The number of hydrogen-bond acceptors (Lipinski definition) is 3. The smallest absolute Gasteiger partial charge is 0.138 e. The molecule has 0 aromatic heterocycles. The Hall–Kier alpha value is -1.87. The van der Waals surface area contributed by atoms with E-state index in [9.17, 15) is 0 Å². The summed E-state index contributed by atoms with van der Waals surface area (Å²) in [5.41, 5.74) is 7.57. The quantitative estimate of drug-likeness (QED) is 0.670. The van der Waals surface area contributed by atoms with Crippen LogP contribution in [0.4, 0.5) is 5.69 Å². The molecule has 0 amide bonds. The van der Waals surface area contributed by atoms with Crippen LogP contribution in [0.25, 0.3) is 0 Å². The zero-order chi connectivity index (χ0) is 13.7. The van der Waals surface area contributed by atoms with Gasteiger partial charge in [-0.25, -0.2) is 0 Å². The van der Waals surface area contributed by atoms with Gasteiger partial charge < -0.3 is 15.2 Å². The van der Waals surface area contributed by atoms with Crippen molar-refractivity contribution in [2.24, 2.45) is 0 Å². The molecule has 0 radical (unpaired) electrons. The molecular formula is C15H16ClNO2. The molecule has 2 aromatic carbocycles. The number of para-hydroxylation sites is 1. The Labute approximate surface area is 117 Å². The van der Waals surface area contributed by atoms with Crippen LogP contribution in [0.3, 0.4) is 0 Å². The predicted molar refractivity (Wildman–Crippen MR) is 78.0 cm³/mol. The van der Waals surface area contributed by atoms with Crippen molar-refractivity contribution in [3.05, 3.63) is 53.1 Å². The first kappa shape index (κ1) is 13.6. The lowest BCUT2D eigenvalue weighted by atomic mass is 10.2. The third-order valence-corrected chi connectivity index (χ3v) is 3.01. The summed E-state index contributed by atoms with van der Waals surface area (Å²) in [6, 6.07) is 13.0. The van der Waals surface area contributed by atoms with E-state index in [1.807, 2.05) is 43.3 Å². The van der Waals surface area contributed by atoms with Crippen LogP contribution in [-0.2, 0) is 0 Å². The van der Waals surface area contributed by atoms with E-state index < -0.39 is 0 Å². The number of rotatable bonds is 5. The second kappa shape index (κ2) is 6.34. The minimum atomic E-state index is 0.428. The van der Waals surface area contributed by atoms with E-state index in [4.69, 9.17) is 26.8 Å². The van der Waals surface area contributed by atoms with Crippen molar-refractivity contribution < 1.29 is 9.47 Å². The van der Waals surface area contributed by atoms with Crippen LogP contribution in [0.2, 0.25) is 5.02 Å². The molecule has 0 aliphatic heterocycles. The lowest BCUT2D eigenvalue weighted by molar-refractivity contribution is 0.217. The highest BCUT2D eigenvalue weighted by molar-refractivity contribution is 6.32. The highest BCUT2D eigenvalue weighted by Crippen LogP contribution is 2.23. The molecule has 2 aromatic rings. The van der Waals surface area contributed by atoms with E-state index >= 15 is 0 Å². The Morgan fingerprint density at radius 1 is 1.05 bits per heavy atom. The molecule has 2 rings (SSSR count). The normalized spacial score (nSPS) is 10.2. The first-order chi connectivity index (χ1) is 9.16. The molecule has 0 heterocycles. The number of hydrogen-bond donors (Lipinski definition) is 1. The molecule has 19 heavy (non-hydrogen) atoms. The van der Waals surface area contributed by atoms with Crippen LogP contribution in [0.5, 0.6) is 11.5 Å². The fourth-order valence-electron chi connectivity index (χ4n) is 1.58. The summed E-state index contributed by atoms with van der Waals surface area (Å²) >= 11 is 5.98. The van der Waals surface area contributed by atoms with E-state index in [2.05, 4.69) is 0 Å². The molecule has 4 heteroatoms. The number of benzene rings is 2. The lowest BCUT2D eigenvalue weighted by Gasteiger charge is -2.10. The number of ether oxygens (including phenoxy) is 2. The van der Waals surface area contributed by atoms with Crippen LogP contribution in [0.15, 0.2) is 42.5 Å². The predicted octanol–water partition coefficient (Wildman–Crippen LogP) is 3.69. The second-order valence-corrected chi connectivity index (χ2v) is 4.55. The van der Waals surface area contributed by atoms with E-state index in [-0.39, 0.29) is 0 Å². The van der Waals surface area contributed by atoms with Crippen molar-refractivity contribution in [2.75, 3.05) is 18.9 Å². The van der Waals surface area contributed by atoms with Crippen LogP contribution in [0.1, 0.15) is 5.56 Å². The summed E-state index contributed by atoms with van der Waals surface area (Å²) in [7, 11) is 0. The van der Waals surface area contributed by atoms with Gasteiger partial charge in [0.2, 0.25) is 0 Å². The van der Waals surface area contributed by atoms with Gasteiger partial charge in [0.05, 0.1) is 5.02 Å². The van der Waals surface area contributed by atoms with Gasteiger partial charge >= 0.3 is 0 Å². The minimum absolute atomic E-state index is 0.428. The number of nitrogens with two attached hydrogens (primary N) is 1. The van der Waals surface area contributed by atoms with Crippen molar-refractivity contribution in [1.82, 2.24) is 0 Å². The van der Waals surface area contributed by atoms with Gasteiger partial charge in [-0.1, -0.05) is 29.8 Å². The SMILES string of the molecule is Cc1ccc(OCCOc2ccccc2Cl)cc1N. The summed E-state index contributed by atoms with van der Waals surface area (Å²) < 4.78 is 11.1. The van der Waals surface area contributed by atoms with Gasteiger partial charge in [-0.05, 0) is 30.7 Å². The zero-order valence-electron chi connectivity index (χ0n) is 10.7. The van der Waals surface area contributed by atoms with Gasteiger partial charge in [0.15, 0.2) is 0 Å². The fourth-order valence-corrected chi connectivity index (χ4v) is 1.77. The monoisotopic (exact) mass is 277 g/mol. The minimum Gasteiger partial charge on any atom is -0.490 e. The van der Waals surface area contributed by atoms with E-state index in [0.717, 1.165) is 17.0 Å². The van der Waals surface area contributed by atoms with Crippen molar-refractivity contribution >= 4 is 17.3 Å². The number of halogens is 1. The Morgan fingerprint density at radius 3 is 2.53 bits per heavy atom. The molecule has 100 valence electrons. The lowest BCUT2D eigenvalue weighted by Crippen LogP contribution is -2.09. The maximum Gasteiger partial charge on any atom is 0.138 e. The molecule has 0 saturated carbocycles. The van der Waals surface area contributed by atoms with Crippen molar-refractivity contribution in [3.8, 4) is 11.5 Å². The van der Waals surface area contributed by atoms with E-state index in [1.165, 1.54) is 0 Å². The average molecular weight is 278 g/mol. The van der Waals surface area contributed by atoms with Gasteiger partial charge in [0.25, 0.3) is 0 Å². The van der Waals surface area contributed by atoms with Gasteiger partial charge in [-0.3, -0.25) is 0 Å². The van der Waals surface area contributed by atoms with Gasteiger partial charge in [0, 0.05) is 11.8 Å². The first-order valence-electron chi connectivity index (χ1n) is 6.03. The van der Waals surface area contributed by atoms with Crippen LogP contribution < -0.4 is 15.2 Å². The van der Waals surface area contributed by atoms with Gasteiger partial charge in [-0.2, -0.15) is 0 Å².